The fraction of sp³-hybridized carbons (Fsp3) is 0.522. The average molecular weight is 474 g/mol. The van der Waals surface area contributed by atoms with E-state index in [0.717, 1.165) is 23.8 Å². The van der Waals surface area contributed by atoms with Crippen molar-refractivity contribution in [1.29, 1.82) is 0 Å². The minimum Gasteiger partial charge on any atom is -0.463 e. The number of carbonyl (C=O) groups excluding carboxylic acids is 3. The summed E-state index contributed by atoms with van der Waals surface area (Å²) in [5, 5.41) is 0.469. The van der Waals surface area contributed by atoms with Crippen LogP contribution < -0.4 is 5.69 Å². The molecule has 182 valence electrons. The quantitative estimate of drug-likeness (QED) is 0.253. The van der Waals surface area contributed by atoms with Gasteiger partial charge in [0.25, 0.3) is 0 Å². The first kappa shape index (κ1) is 25.0. The molecule has 0 aromatic carbocycles. The molecule has 0 saturated carbocycles. The summed E-state index contributed by atoms with van der Waals surface area (Å²) in [4.78, 5) is 51.5. The number of rotatable bonds is 7. The van der Waals surface area contributed by atoms with Crippen LogP contribution in [0, 0.1) is 11.8 Å². The Labute approximate surface area is 195 Å². The van der Waals surface area contributed by atoms with Crippen molar-refractivity contribution in [1.82, 2.24) is 9.55 Å². The molecule has 1 saturated heterocycles. The second-order valence-electron chi connectivity index (χ2n) is 7.72. The Morgan fingerprint density at radius 3 is 2.47 bits per heavy atom. The van der Waals surface area contributed by atoms with Gasteiger partial charge in [0.05, 0.1) is 5.39 Å². The summed E-state index contributed by atoms with van der Waals surface area (Å²) in [5.74, 6) is 4.33. The Hall–Kier alpha value is -3.65. The molecule has 2 aromatic heterocycles. The zero-order valence-corrected chi connectivity index (χ0v) is 19.4. The SMILES string of the molecule is CCCCC#Cc1cc2cn([C@@H]3O[C@H](COC(C)=O)[C@@H](OC(C)=O)[C@H]3OC(C)=O)c(=O)nc2o1. The van der Waals surface area contributed by atoms with Gasteiger partial charge in [-0.25, -0.2) is 4.79 Å². The molecular formula is C23H26N2O9. The van der Waals surface area contributed by atoms with Gasteiger partial charge in [-0.2, -0.15) is 4.98 Å². The van der Waals surface area contributed by atoms with Crippen LogP contribution in [0.15, 0.2) is 21.5 Å². The molecule has 11 heteroatoms. The molecule has 4 atom stereocenters. The molecule has 0 radical (unpaired) electrons. The van der Waals surface area contributed by atoms with Gasteiger partial charge in [0, 0.05) is 39.5 Å². The number of nitrogens with zero attached hydrogens (tertiary/aromatic N) is 2. The highest BCUT2D eigenvalue weighted by atomic mass is 16.7. The van der Waals surface area contributed by atoms with E-state index >= 15 is 0 Å². The third-order valence-electron chi connectivity index (χ3n) is 4.92. The lowest BCUT2D eigenvalue weighted by Crippen LogP contribution is -2.41. The number of aromatic nitrogens is 2. The summed E-state index contributed by atoms with van der Waals surface area (Å²) in [7, 11) is 0. The fourth-order valence-electron chi connectivity index (χ4n) is 3.50. The van der Waals surface area contributed by atoms with Crippen LogP contribution in [0.5, 0.6) is 0 Å². The van der Waals surface area contributed by atoms with Gasteiger partial charge in [-0.15, -0.1) is 0 Å². The zero-order valence-electron chi connectivity index (χ0n) is 19.4. The summed E-state index contributed by atoms with van der Waals surface area (Å²) in [6.07, 6.45) is -0.378. The van der Waals surface area contributed by atoms with Gasteiger partial charge in [-0.05, 0) is 12.3 Å². The van der Waals surface area contributed by atoms with Crippen LogP contribution in [0.2, 0.25) is 0 Å². The molecule has 1 aliphatic heterocycles. The number of fused-ring (bicyclic) bond motifs is 1. The lowest BCUT2D eigenvalue weighted by Gasteiger charge is -2.23. The van der Waals surface area contributed by atoms with Gasteiger partial charge < -0.3 is 23.4 Å². The third-order valence-corrected chi connectivity index (χ3v) is 4.92. The maximum absolute atomic E-state index is 12.8. The van der Waals surface area contributed by atoms with Crippen molar-refractivity contribution in [2.75, 3.05) is 6.61 Å². The predicted octanol–water partition coefficient (Wildman–Crippen LogP) is 1.86. The van der Waals surface area contributed by atoms with Gasteiger partial charge in [0.1, 0.15) is 12.7 Å². The first-order valence-electron chi connectivity index (χ1n) is 10.8. The van der Waals surface area contributed by atoms with Crippen molar-refractivity contribution in [3.63, 3.8) is 0 Å². The van der Waals surface area contributed by atoms with Crippen LogP contribution >= 0.6 is 0 Å². The summed E-state index contributed by atoms with van der Waals surface area (Å²) < 4.78 is 28.2. The van der Waals surface area contributed by atoms with Crippen LogP contribution in [0.3, 0.4) is 0 Å². The van der Waals surface area contributed by atoms with Crippen LogP contribution in [0.1, 0.15) is 58.9 Å². The third kappa shape index (κ3) is 6.02. The summed E-state index contributed by atoms with van der Waals surface area (Å²) in [6.45, 7) is 5.34. The normalized spacial score (nSPS) is 21.5. The van der Waals surface area contributed by atoms with E-state index < -0.39 is 48.1 Å². The molecule has 1 aliphatic rings. The van der Waals surface area contributed by atoms with Gasteiger partial charge >= 0.3 is 23.6 Å². The zero-order chi connectivity index (χ0) is 24.8. The van der Waals surface area contributed by atoms with Crippen LogP contribution in [0.4, 0.5) is 0 Å². The highest BCUT2D eigenvalue weighted by molar-refractivity contribution is 5.74. The average Bonchev–Trinajstić information content (AvgIpc) is 3.29. The van der Waals surface area contributed by atoms with Crippen molar-refractivity contribution < 1.29 is 37.7 Å². The number of ether oxygens (including phenoxy) is 4. The molecule has 34 heavy (non-hydrogen) atoms. The van der Waals surface area contributed by atoms with Gasteiger partial charge in [0.15, 0.2) is 24.2 Å². The molecule has 0 aliphatic carbocycles. The molecule has 3 rings (SSSR count). The van der Waals surface area contributed by atoms with Crippen LogP contribution in [-0.4, -0.2) is 52.4 Å². The number of carbonyl (C=O) groups is 3. The molecule has 0 N–H and O–H groups in total. The topological polar surface area (TPSA) is 136 Å². The highest BCUT2D eigenvalue weighted by Gasteiger charge is 2.51. The predicted molar refractivity (Wildman–Crippen MR) is 116 cm³/mol. The Kier molecular flexibility index (Phi) is 8.07. The van der Waals surface area contributed by atoms with E-state index in [2.05, 4.69) is 23.7 Å². The van der Waals surface area contributed by atoms with E-state index in [0.29, 0.717) is 11.1 Å². The lowest BCUT2D eigenvalue weighted by molar-refractivity contribution is -0.166. The minimum atomic E-state index is -1.20. The minimum absolute atomic E-state index is 0.0936. The molecule has 0 unspecified atom stereocenters. The Morgan fingerprint density at radius 2 is 1.82 bits per heavy atom. The maximum atomic E-state index is 12.8. The van der Waals surface area contributed by atoms with Crippen LogP contribution in [0.25, 0.3) is 11.1 Å². The molecule has 0 bridgehead atoms. The van der Waals surface area contributed by atoms with Crippen molar-refractivity contribution >= 4 is 29.0 Å². The molecule has 0 amide bonds. The lowest BCUT2D eigenvalue weighted by atomic mass is 10.1. The second kappa shape index (κ2) is 11.0. The molecule has 2 aromatic rings. The van der Waals surface area contributed by atoms with E-state index in [1.807, 2.05) is 0 Å². The summed E-state index contributed by atoms with van der Waals surface area (Å²) >= 11 is 0. The Morgan fingerprint density at radius 1 is 1.12 bits per heavy atom. The first-order chi connectivity index (χ1) is 16.2. The van der Waals surface area contributed by atoms with Crippen molar-refractivity contribution in [3.05, 3.63) is 28.5 Å². The van der Waals surface area contributed by atoms with Crippen molar-refractivity contribution in [2.45, 2.75) is 71.5 Å². The highest BCUT2D eigenvalue weighted by Crippen LogP contribution is 2.34. The summed E-state index contributed by atoms with van der Waals surface area (Å²) in [5.41, 5.74) is -0.653. The largest absolute Gasteiger partial charge is 0.463 e. The number of esters is 3. The molecule has 1 fully saturated rings. The van der Waals surface area contributed by atoms with E-state index in [4.69, 9.17) is 23.4 Å². The standard InChI is InChI=1S/C23H26N2O9/c1-5-6-7-8-9-17-10-16-11-25(23(29)24-21(16)33-17)22-20(32-15(4)28)19(31-14(3)27)18(34-22)12-30-13(2)26/h10-11,18-20,22H,5-7,12H2,1-4H3/t18-,19-,20-,22-/m1/s1. The van der Waals surface area contributed by atoms with Crippen molar-refractivity contribution in [3.8, 4) is 11.8 Å². The second-order valence-corrected chi connectivity index (χ2v) is 7.72. The van der Waals surface area contributed by atoms with Crippen molar-refractivity contribution in [2.24, 2.45) is 0 Å². The number of unbranched alkanes of at least 4 members (excludes halogenated alkanes) is 2. The fourth-order valence-corrected chi connectivity index (χ4v) is 3.50. The maximum Gasteiger partial charge on any atom is 0.353 e. The molecule has 3 heterocycles. The molecule has 11 nitrogen and oxygen atoms in total. The first-order valence-corrected chi connectivity index (χ1v) is 10.8. The van der Waals surface area contributed by atoms with Gasteiger partial charge in [-0.1, -0.05) is 19.3 Å². The Balaban J connectivity index is 1.98. The van der Waals surface area contributed by atoms with Crippen LogP contribution in [-0.2, 0) is 33.3 Å². The monoisotopic (exact) mass is 474 g/mol. The van der Waals surface area contributed by atoms with E-state index in [-0.39, 0.29) is 12.3 Å². The number of furan rings is 1. The molecular weight excluding hydrogens is 448 g/mol. The Bertz CT molecular complexity index is 1190. The summed E-state index contributed by atoms with van der Waals surface area (Å²) in [6, 6.07) is 1.63. The molecule has 0 spiro atoms. The number of hydrogen-bond acceptors (Lipinski definition) is 10. The van der Waals surface area contributed by atoms with E-state index in [1.54, 1.807) is 6.07 Å². The van der Waals surface area contributed by atoms with Gasteiger partial charge in [-0.3, -0.25) is 19.0 Å². The van der Waals surface area contributed by atoms with Gasteiger partial charge in [0.2, 0.25) is 5.71 Å². The number of hydrogen-bond donors (Lipinski definition) is 0. The van der Waals surface area contributed by atoms with E-state index in [9.17, 15) is 19.2 Å². The van der Waals surface area contributed by atoms with E-state index in [1.165, 1.54) is 27.0 Å². The smallest absolute Gasteiger partial charge is 0.353 e.